The number of hydrogen-bond donors (Lipinski definition) is 2. The summed E-state index contributed by atoms with van der Waals surface area (Å²) in [5.41, 5.74) is 1.16. The summed E-state index contributed by atoms with van der Waals surface area (Å²) in [7, 11) is 0. The lowest BCUT2D eigenvalue weighted by molar-refractivity contribution is 0.292. The predicted octanol–water partition coefficient (Wildman–Crippen LogP) is 4.49. The van der Waals surface area contributed by atoms with Crippen LogP contribution in [0.1, 0.15) is 71.0 Å². The molecule has 0 radical (unpaired) electrons. The zero-order valence-electron chi connectivity index (χ0n) is 18.0. The molecule has 0 spiro atoms. The molecule has 1 unspecified atom stereocenters. The molecule has 1 aromatic heterocycles. The zero-order valence-corrected chi connectivity index (χ0v) is 21.2. The number of rotatable bonds is 12. The molecule has 0 aliphatic carbocycles. The van der Waals surface area contributed by atoms with Crippen LogP contribution < -0.4 is 10.6 Å². The van der Waals surface area contributed by atoms with E-state index in [1.54, 1.807) is 11.3 Å². The molecule has 1 rings (SSSR count). The maximum Gasteiger partial charge on any atom is 0.191 e. The molecule has 0 saturated heterocycles. The molecule has 0 aliphatic rings. The third-order valence-corrected chi connectivity index (χ3v) is 5.63. The summed E-state index contributed by atoms with van der Waals surface area (Å²) < 4.78 is 0. The van der Waals surface area contributed by atoms with Gasteiger partial charge in [-0.1, -0.05) is 27.7 Å². The minimum absolute atomic E-state index is 0. The predicted molar refractivity (Wildman–Crippen MR) is 131 cm³/mol. The molecular weight excluding hydrogens is 469 g/mol. The van der Waals surface area contributed by atoms with E-state index < -0.39 is 0 Å². The summed E-state index contributed by atoms with van der Waals surface area (Å²) in [5, 5.41) is 10.3. The number of aliphatic imine (C=N–C) groups is 1. The van der Waals surface area contributed by atoms with E-state index >= 15 is 0 Å². The molecule has 0 bridgehead atoms. The molecule has 1 heterocycles. The molecule has 2 N–H and O–H groups in total. The maximum absolute atomic E-state index is 4.73. The molecule has 0 fully saturated rings. The fourth-order valence-electron chi connectivity index (χ4n) is 2.77. The van der Waals surface area contributed by atoms with E-state index in [9.17, 15) is 0 Å². The maximum atomic E-state index is 4.73. The second kappa shape index (κ2) is 15.5. The van der Waals surface area contributed by atoms with E-state index in [1.165, 1.54) is 18.0 Å². The lowest BCUT2D eigenvalue weighted by atomic mass is 10.2. The van der Waals surface area contributed by atoms with Crippen LogP contribution in [0.4, 0.5) is 0 Å². The first-order valence-electron chi connectivity index (χ1n) is 10.2. The van der Waals surface area contributed by atoms with Crippen LogP contribution in [0.25, 0.3) is 0 Å². The molecule has 5 nitrogen and oxygen atoms in total. The average molecular weight is 510 g/mol. The van der Waals surface area contributed by atoms with Crippen LogP contribution in [0.5, 0.6) is 0 Å². The Morgan fingerprint density at radius 2 is 1.93 bits per heavy atom. The fraction of sp³-hybridized carbons (Fsp3) is 0.800. The largest absolute Gasteiger partial charge is 0.357 e. The number of nitrogens with zero attached hydrogens (tertiary/aromatic N) is 3. The molecule has 1 aromatic rings. The van der Waals surface area contributed by atoms with Crippen molar-refractivity contribution in [2.45, 2.75) is 72.8 Å². The number of guanidine groups is 1. The Morgan fingerprint density at radius 1 is 1.22 bits per heavy atom. The quantitative estimate of drug-likeness (QED) is 0.248. The minimum Gasteiger partial charge on any atom is -0.357 e. The topological polar surface area (TPSA) is 52.6 Å². The highest BCUT2D eigenvalue weighted by molar-refractivity contribution is 14.0. The third kappa shape index (κ3) is 11.2. The average Bonchev–Trinajstić information content (AvgIpc) is 3.08. The summed E-state index contributed by atoms with van der Waals surface area (Å²) in [5.74, 6) is 1.43. The lowest BCUT2D eigenvalue weighted by Gasteiger charge is -2.21. The Labute approximate surface area is 187 Å². The van der Waals surface area contributed by atoms with Crippen LogP contribution in [0.3, 0.4) is 0 Å². The Bertz CT molecular complexity index is 514. The van der Waals surface area contributed by atoms with Crippen molar-refractivity contribution >= 4 is 41.3 Å². The van der Waals surface area contributed by atoms with Crippen LogP contribution in [0, 0.1) is 0 Å². The number of nitrogens with one attached hydrogen (secondary N) is 2. The number of aromatic nitrogens is 1. The van der Waals surface area contributed by atoms with Crippen LogP contribution in [0.2, 0.25) is 0 Å². The van der Waals surface area contributed by atoms with Crippen molar-refractivity contribution in [2.24, 2.45) is 4.99 Å². The minimum atomic E-state index is 0. The van der Waals surface area contributed by atoms with Gasteiger partial charge in [0.2, 0.25) is 0 Å². The fourth-order valence-corrected chi connectivity index (χ4v) is 3.64. The van der Waals surface area contributed by atoms with Gasteiger partial charge in [0.05, 0.1) is 10.7 Å². The van der Waals surface area contributed by atoms with E-state index in [0.717, 1.165) is 50.7 Å². The first-order chi connectivity index (χ1) is 12.5. The van der Waals surface area contributed by atoms with Crippen molar-refractivity contribution in [1.29, 1.82) is 0 Å². The van der Waals surface area contributed by atoms with Crippen LogP contribution in [-0.2, 0) is 6.42 Å². The van der Waals surface area contributed by atoms with Crippen molar-refractivity contribution in [3.8, 4) is 0 Å². The van der Waals surface area contributed by atoms with E-state index in [4.69, 9.17) is 9.98 Å². The van der Waals surface area contributed by atoms with Crippen molar-refractivity contribution in [3.63, 3.8) is 0 Å². The lowest BCUT2D eigenvalue weighted by Crippen LogP contribution is -2.42. The summed E-state index contributed by atoms with van der Waals surface area (Å²) in [6, 6.07) is 0.426. The van der Waals surface area contributed by atoms with E-state index in [2.05, 4.69) is 62.5 Å². The van der Waals surface area contributed by atoms with Gasteiger partial charge in [-0.2, -0.15) is 0 Å². The summed E-state index contributed by atoms with van der Waals surface area (Å²) in [6.07, 6.45) is 3.27. The van der Waals surface area contributed by atoms with E-state index in [1.807, 2.05) is 0 Å². The smallest absolute Gasteiger partial charge is 0.191 e. The zero-order chi connectivity index (χ0) is 19.4. The molecule has 0 saturated carbocycles. The molecule has 0 aromatic carbocycles. The number of hydrogen-bond acceptors (Lipinski definition) is 4. The second-order valence-electron chi connectivity index (χ2n) is 7.06. The van der Waals surface area contributed by atoms with Gasteiger partial charge < -0.3 is 15.5 Å². The molecular formula is C20H40IN5S. The third-order valence-electron chi connectivity index (χ3n) is 4.43. The van der Waals surface area contributed by atoms with Gasteiger partial charge in [-0.25, -0.2) is 4.98 Å². The SMILES string of the molecule is CCNC(=NCCc1csc(C(C)C)n1)NC(C)CCCN(CC)CC.I. The molecule has 0 amide bonds. The first kappa shape index (κ1) is 26.6. The molecule has 27 heavy (non-hydrogen) atoms. The highest BCUT2D eigenvalue weighted by Crippen LogP contribution is 2.19. The Morgan fingerprint density at radius 3 is 2.48 bits per heavy atom. The van der Waals surface area contributed by atoms with Crippen LogP contribution >= 0.6 is 35.3 Å². The van der Waals surface area contributed by atoms with Gasteiger partial charge in [0.25, 0.3) is 0 Å². The second-order valence-corrected chi connectivity index (χ2v) is 7.95. The van der Waals surface area contributed by atoms with E-state index in [-0.39, 0.29) is 24.0 Å². The molecule has 1 atom stereocenters. The van der Waals surface area contributed by atoms with Crippen molar-refractivity contribution in [2.75, 3.05) is 32.7 Å². The monoisotopic (exact) mass is 509 g/mol. The van der Waals surface area contributed by atoms with Crippen LogP contribution in [-0.4, -0.2) is 54.6 Å². The number of halogens is 1. The van der Waals surface area contributed by atoms with E-state index in [0.29, 0.717) is 12.0 Å². The van der Waals surface area contributed by atoms with Crippen molar-refractivity contribution < 1.29 is 0 Å². The molecule has 7 heteroatoms. The van der Waals surface area contributed by atoms with Gasteiger partial charge in [-0.15, -0.1) is 35.3 Å². The highest BCUT2D eigenvalue weighted by Gasteiger charge is 2.08. The van der Waals surface area contributed by atoms with Gasteiger partial charge in [0.15, 0.2) is 5.96 Å². The highest BCUT2D eigenvalue weighted by atomic mass is 127. The van der Waals surface area contributed by atoms with Gasteiger partial charge in [-0.05, 0) is 46.3 Å². The van der Waals surface area contributed by atoms with Gasteiger partial charge >= 0.3 is 0 Å². The van der Waals surface area contributed by atoms with Crippen molar-refractivity contribution in [3.05, 3.63) is 16.1 Å². The Balaban J connectivity index is 0.00000676. The summed E-state index contributed by atoms with van der Waals surface area (Å²) >= 11 is 1.76. The Kier molecular flexibility index (Phi) is 15.3. The van der Waals surface area contributed by atoms with Gasteiger partial charge in [0.1, 0.15) is 0 Å². The number of thiazole rings is 1. The Hall–Kier alpha value is -0.410. The van der Waals surface area contributed by atoms with Gasteiger partial charge in [-0.3, -0.25) is 4.99 Å². The summed E-state index contributed by atoms with van der Waals surface area (Å²) in [6.45, 7) is 18.3. The first-order valence-corrected chi connectivity index (χ1v) is 11.1. The van der Waals surface area contributed by atoms with Gasteiger partial charge in [0, 0.05) is 36.9 Å². The molecule has 0 aliphatic heterocycles. The van der Waals surface area contributed by atoms with Crippen LogP contribution in [0.15, 0.2) is 10.4 Å². The summed E-state index contributed by atoms with van der Waals surface area (Å²) in [4.78, 5) is 11.9. The standard InChI is InChI=1S/C20H39N5S.HI/c1-7-21-20(23-17(6)11-10-14-25(8-2)9-3)22-13-12-18-15-26-19(24-18)16(4)5;/h15-17H,7-14H2,1-6H3,(H2,21,22,23);1H. The normalized spacial score (nSPS) is 13.0. The van der Waals surface area contributed by atoms with Crippen molar-refractivity contribution in [1.82, 2.24) is 20.5 Å². The molecule has 158 valence electrons.